The number of aromatic nitrogens is 6. The number of allylic oxidation sites excluding steroid dienone is 2. The van der Waals surface area contributed by atoms with Gasteiger partial charge < -0.3 is 34.6 Å². The Kier molecular flexibility index (Phi) is 10.6. The largest absolute Gasteiger partial charge is 0.394 e. The standard InChI is InChI=1S/C27H36F2N7O7P/c1-14-15(30-11-32-24(14)35-26-19(28)22(39)17(9-37)41-26)7-5-3-4-6-8-16-21-25(33-12-31-16)36(13-34-21)27-20(29)23(43-44(2)40)18(10-38)42-27/h3-4,11-13,17-20,22-23,26-27,37-39,44H,5-10H2,1-2H3,(H,30,32,35)/b4-3+/t17?,18?,19-,20-,22-,23-,26-,27-/m1/s1. The van der Waals surface area contributed by atoms with Crippen LogP contribution in [0.15, 0.2) is 31.1 Å². The van der Waals surface area contributed by atoms with Crippen LogP contribution in [0, 0.1) is 6.92 Å². The number of nitrogens with zero attached hydrogens (tertiary/aromatic N) is 6. The molecular weight excluding hydrogens is 603 g/mol. The molecule has 2 aliphatic heterocycles. The Morgan fingerprint density at radius 3 is 2.36 bits per heavy atom. The zero-order valence-corrected chi connectivity index (χ0v) is 25.2. The van der Waals surface area contributed by atoms with Crippen molar-refractivity contribution >= 4 is 25.0 Å². The number of nitrogens with one attached hydrogen (secondary N) is 1. The monoisotopic (exact) mass is 639 g/mol. The topological polar surface area (TPSA) is 187 Å². The van der Waals surface area contributed by atoms with Crippen molar-refractivity contribution in [2.75, 3.05) is 25.2 Å². The van der Waals surface area contributed by atoms with Crippen LogP contribution in [-0.2, 0) is 31.4 Å². The Morgan fingerprint density at radius 2 is 1.68 bits per heavy atom. The molecule has 240 valence electrons. The van der Waals surface area contributed by atoms with Crippen LogP contribution < -0.4 is 5.32 Å². The van der Waals surface area contributed by atoms with Gasteiger partial charge in [0.05, 0.1) is 25.2 Å². The lowest BCUT2D eigenvalue weighted by molar-refractivity contribution is -0.0429. The van der Waals surface area contributed by atoms with E-state index >= 15 is 4.39 Å². The zero-order chi connectivity index (χ0) is 31.4. The Labute approximate surface area is 252 Å². The van der Waals surface area contributed by atoms with Crippen LogP contribution in [0.25, 0.3) is 11.2 Å². The number of hydrogen-bond acceptors (Lipinski definition) is 13. The van der Waals surface area contributed by atoms with Gasteiger partial charge in [-0.05, 0) is 32.6 Å². The Bertz CT molecular complexity index is 1480. The maximum Gasteiger partial charge on any atom is 0.189 e. The lowest BCUT2D eigenvalue weighted by atomic mass is 10.1. The van der Waals surface area contributed by atoms with Crippen LogP contribution in [-0.4, -0.2) is 108 Å². The number of aliphatic hydroxyl groups is 3. The maximum absolute atomic E-state index is 15.2. The van der Waals surface area contributed by atoms with E-state index in [4.69, 9.17) is 14.0 Å². The molecule has 9 atom stereocenters. The summed E-state index contributed by atoms with van der Waals surface area (Å²) in [6.07, 6.45) is 0.407. The molecule has 2 saturated heterocycles. The second-order valence-electron chi connectivity index (χ2n) is 10.6. The van der Waals surface area contributed by atoms with Gasteiger partial charge in [0.25, 0.3) is 0 Å². The van der Waals surface area contributed by atoms with Crippen molar-refractivity contribution in [3.63, 3.8) is 0 Å². The van der Waals surface area contributed by atoms with Gasteiger partial charge in [0.15, 0.2) is 38.5 Å². The summed E-state index contributed by atoms with van der Waals surface area (Å²) >= 11 is 0. The van der Waals surface area contributed by atoms with Crippen LogP contribution in [0.3, 0.4) is 0 Å². The van der Waals surface area contributed by atoms with E-state index in [9.17, 15) is 24.3 Å². The molecule has 2 aliphatic rings. The van der Waals surface area contributed by atoms with Gasteiger partial charge in [-0.25, -0.2) is 33.7 Å². The summed E-state index contributed by atoms with van der Waals surface area (Å²) in [5.41, 5.74) is 3.05. The fourth-order valence-electron chi connectivity index (χ4n) is 5.35. The van der Waals surface area contributed by atoms with Crippen molar-refractivity contribution in [3.05, 3.63) is 48.1 Å². The van der Waals surface area contributed by atoms with Gasteiger partial charge in [-0.1, -0.05) is 12.2 Å². The van der Waals surface area contributed by atoms with E-state index in [0.29, 0.717) is 48.4 Å². The van der Waals surface area contributed by atoms with E-state index in [0.717, 1.165) is 11.3 Å². The van der Waals surface area contributed by atoms with E-state index in [1.165, 1.54) is 30.2 Å². The van der Waals surface area contributed by atoms with Gasteiger partial charge in [-0.2, -0.15) is 0 Å². The number of hydrogen-bond donors (Lipinski definition) is 4. The molecule has 5 heterocycles. The van der Waals surface area contributed by atoms with E-state index < -0.39 is 70.5 Å². The lowest BCUT2D eigenvalue weighted by Crippen LogP contribution is -2.33. The molecule has 44 heavy (non-hydrogen) atoms. The molecule has 2 fully saturated rings. The fraction of sp³-hybridized carbons (Fsp3) is 0.593. The quantitative estimate of drug-likeness (QED) is 0.156. The molecule has 14 nitrogen and oxygen atoms in total. The fourth-order valence-corrected chi connectivity index (χ4v) is 6.02. The molecule has 0 spiro atoms. The predicted octanol–water partition coefficient (Wildman–Crippen LogP) is 1.59. The van der Waals surface area contributed by atoms with Crippen molar-refractivity contribution in [1.82, 2.24) is 29.5 Å². The molecule has 0 bridgehead atoms. The SMILES string of the molecule is Cc1c(CC/C=C/CCc2ncnc3c2ncn3[C@@H]2OC(CO)[C@@H](O[PH](C)=O)[C@H]2F)ncnc1N[C@@H]1OC(CO)[C@@H](O)[C@H]1F. The molecule has 0 amide bonds. The molecule has 0 aliphatic carbocycles. The Balaban J connectivity index is 1.16. The van der Waals surface area contributed by atoms with E-state index in [1.54, 1.807) is 0 Å². The van der Waals surface area contributed by atoms with E-state index in [1.807, 2.05) is 19.1 Å². The van der Waals surface area contributed by atoms with E-state index in [-0.39, 0.29) is 0 Å². The number of rotatable bonds is 13. The number of aliphatic hydroxyl groups excluding tert-OH is 3. The number of anilines is 1. The number of fused-ring (bicyclic) bond motifs is 1. The normalized spacial score (nSPS) is 29.6. The first-order chi connectivity index (χ1) is 21.2. The highest BCUT2D eigenvalue weighted by molar-refractivity contribution is 7.38. The average molecular weight is 640 g/mol. The minimum Gasteiger partial charge on any atom is -0.394 e. The Morgan fingerprint density at radius 1 is 1.00 bits per heavy atom. The van der Waals surface area contributed by atoms with Crippen LogP contribution >= 0.6 is 8.03 Å². The average Bonchev–Trinajstić information content (AvgIpc) is 3.66. The number of halogens is 2. The smallest absolute Gasteiger partial charge is 0.189 e. The predicted molar refractivity (Wildman–Crippen MR) is 154 cm³/mol. The summed E-state index contributed by atoms with van der Waals surface area (Å²) in [7, 11) is -2.46. The molecular formula is C27H36F2N7O7P. The number of aryl methyl sites for hydroxylation is 2. The second-order valence-corrected chi connectivity index (χ2v) is 11.8. The molecule has 0 saturated carbocycles. The molecule has 4 N–H and O–H groups in total. The molecule has 0 radical (unpaired) electrons. The van der Waals surface area contributed by atoms with E-state index in [2.05, 4.69) is 30.2 Å². The molecule has 3 aromatic heterocycles. The summed E-state index contributed by atoms with van der Waals surface area (Å²) in [5, 5.41) is 31.6. The highest BCUT2D eigenvalue weighted by atomic mass is 31.1. The molecule has 17 heteroatoms. The van der Waals surface area contributed by atoms with Crippen LogP contribution in [0.2, 0.25) is 0 Å². The van der Waals surface area contributed by atoms with Gasteiger partial charge in [-0.15, -0.1) is 0 Å². The summed E-state index contributed by atoms with van der Waals surface area (Å²) in [6, 6.07) is 0. The molecule has 5 rings (SSSR count). The third-order valence-corrected chi connectivity index (χ3v) is 8.29. The van der Waals surface area contributed by atoms with Gasteiger partial charge in [0, 0.05) is 17.9 Å². The third kappa shape index (κ3) is 6.81. The number of ether oxygens (including phenoxy) is 2. The van der Waals surface area contributed by atoms with Gasteiger partial charge in [0.1, 0.15) is 48.4 Å². The minimum absolute atomic E-state index is 0.375. The second kappa shape index (κ2) is 14.4. The summed E-state index contributed by atoms with van der Waals surface area (Å²) in [5.74, 6) is 0.392. The molecule has 3 aromatic rings. The van der Waals surface area contributed by atoms with Crippen molar-refractivity contribution in [1.29, 1.82) is 0 Å². The highest BCUT2D eigenvalue weighted by Gasteiger charge is 2.48. The highest BCUT2D eigenvalue weighted by Crippen LogP contribution is 2.39. The Hall–Kier alpha value is -2.98. The van der Waals surface area contributed by atoms with Crippen LogP contribution in [0.5, 0.6) is 0 Å². The van der Waals surface area contributed by atoms with Crippen LogP contribution in [0.1, 0.15) is 36.0 Å². The number of alkyl halides is 2. The van der Waals surface area contributed by atoms with Gasteiger partial charge >= 0.3 is 0 Å². The zero-order valence-electron chi connectivity index (χ0n) is 24.2. The molecule has 3 unspecified atom stereocenters. The van der Waals surface area contributed by atoms with Crippen molar-refractivity contribution in [3.8, 4) is 0 Å². The number of imidazole rings is 1. The van der Waals surface area contributed by atoms with Gasteiger partial charge in [-0.3, -0.25) is 9.13 Å². The summed E-state index contributed by atoms with van der Waals surface area (Å²) < 4.78 is 58.9. The van der Waals surface area contributed by atoms with Crippen molar-refractivity contribution < 1.29 is 42.7 Å². The lowest BCUT2D eigenvalue weighted by Gasteiger charge is -2.18. The minimum atomic E-state index is -2.46. The molecule has 0 aromatic carbocycles. The third-order valence-electron chi connectivity index (χ3n) is 7.69. The van der Waals surface area contributed by atoms with Crippen LogP contribution in [0.4, 0.5) is 14.6 Å². The van der Waals surface area contributed by atoms with Gasteiger partial charge in [0.2, 0.25) is 0 Å². The maximum atomic E-state index is 15.2. The summed E-state index contributed by atoms with van der Waals surface area (Å²) in [4.78, 5) is 21.5. The first-order valence-electron chi connectivity index (χ1n) is 14.3. The first-order valence-corrected chi connectivity index (χ1v) is 16.1. The van der Waals surface area contributed by atoms with Crippen molar-refractivity contribution in [2.45, 2.75) is 81.8 Å². The first kappa shape index (κ1) is 32.4. The van der Waals surface area contributed by atoms with Crippen molar-refractivity contribution in [2.24, 2.45) is 0 Å². The summed E-state index contributed by atoms with van der Waals surface area (Å²) in [6.45, 7) is 2.18.